The molecule has 0 bridgehead atoms. The number of amidine groups is 1. The summed E-state index contributed by atoms with van der Waals surface area (Å²) in [6.45, 7) is 4.49. The Morgan fingerprint density at radius 1 is 1.40 bits per heavy atom. The maximum absolute atomic E-state index is 7.84. The largest absolute Gasteiger partial charge is 0.384 e. The number of thioether (sulfide) groups is 1. The van der Waals surface area contributed by atoms with E-state index in [1.807, 2.05) is 18.4 Å². The molecule has 5 heteroatoms. The molecule has 20 heavy (non-hydrogen) atoms. The number of benzene rings is 1. The third-order valence-electron chi connectivity index (χ3n) is 3.86. The van der Waals surface area contributed by atoms with Gasteiger partial charge >= 0.3 is 0 Å². The van der Waals surface area contributed by atoms with Crippen LogP contribution in [-0.4, -0.2) is 50.2 Å². The van der Waals surface area contributed by atoms with E-state index < -0.39 is 0 Å². The molecular weight excluding hydrogens is 268 g/mol. The summed E-state index contributed by atoms with van der Waals surface area (Å²) in [6, 6.07) is 6.12. The van der Waals surface area contributed by atoms with Crippen LogP contribution in [0.5, 0.6) is 0 Å². The maximum Gasteiger partial charge on any atom is 0.126 e. The van der Waals surface area contributed by atoms with Crippen molar-refractivity contribution in [3.8, 4) is 0 Å². The van der Waals surface area contributed by atoms with Crippen molar-refractivity contribution in [2.45, 2.75) is 17.7 Å². The second-order valence-electron chi connectivity index (χ2n) is 5.24. The quantitative estimate of drug-likeness (QED) is 0.479. The zero-order chi connectivity index (χ0) is 14.5. The van der Waals surface area contributed by atoms with E-state index in [-0.39, 0.29) is 5.84 Å². The molecule has 4 nitrogen and oxygen atoms in total. The van der Waals surface area contributed by atoms with E-state index in [2.05, 4.69) is 22.9 Å². The van der Waals surface area contributed by atoms with Gasteiger partial charge in [0.25, 0.3) is 0 Å². The van der Waals surface area contributed by atoms with Gasteiger partial charge in [-0.2, -0.15) is 0 Å². The first-order valence-corrected chi connectivity index (χ1v) is 8.31. The minimum Gasteiger partial charge on any atom is -0.384 e. The average Bonchev–Trinajstić information content (AvgIpc) is 2.96. The van der Waals surface area contributed by atoms with Gasteiger partial charge in [0.05, 0.1) is 5.56 Å². The van der Waals surface area contributed by atoms with Crippen LogP contribution in [0, 0.1) is 5.41 Å². The number of nitrogens with one attached hydrogen (secondary N) is 1. The van der Waals surface area contributed by atoms with E-state index in [0.717, 1.165) is 29.2 Å². The van der Waals surface area contributed by atoms with Crippen molar-refractivity contribution < 1.29 is 0 Å². The minimum atomic E-state index is 0.151. The summed E-state index contributed by atoms with van der Waals surface area (Å²) >= 11 is 1.64. The van der Waals surface area contributed by atoms with Crippen LogP contribution < -0.4 is 10.6 Å². The summed E-state index contributed by atoms with van der Waals surface area (Å²) < 4.78 is 0. The Hall–Kier alpha value is -1.20. The van der Waals surface area contributed by atoms with Crippen molar-refractivity contribution in [3.63, 3.8) is 0 Å². The number of nitrogen functional groups attached to an aromatic ring is 1. The summed E-state index contributed by atoms with van der Waals surface area (Å²) in [5.41, 5.74) is 7.70. The molecule has 3 N–H and O–H groups in total. The first-order chi connectivity index (χ1) is 9.63. The monoisotopic (exact) mass is 292 g/mol. The first-order valence-electron chi connectivity index (χ1n) is 7.08. The summed E-state index contributed by atoms with van der Waals surface area (Å²) in [6.07, 6.45) is 4.67. The van der Waals surface area contributed by atoms with Gasteiger partial charge in [0.15, 0.2) is 0 Å². The van der Waals surface area contributed by atoms with Crippen LogP contribution >= 0.6 is 11.8 Å². The number of nitrogens with two attached hydrogens (primary N) is 1. The third-order valence-corrected chi connectivity index (χ3v) is 4.64. The predicted octanol–water partition coefficient (Wildman–Crippen LogP) is 2.22. The second-order valence-corrected chi connectivity index (χ2v) is 6.09. The molecule has 1 aromatic rings. The fourth-order valence-electron chi connectivity index (χ4n) is 2.70. The normalized spacial score (nSPS) is 15.5. The molecule has 2 rings (SSSR count). The molecule has 0 atom stereocenters. The summed E-state index contributed by atoms with van der Waals surface area (Å²) in [4.78, 5) is 5.79. The van der Waals surface area contributed by atoms with Crippen LogP contribution in [0.25, 0.3) is 0 Å². The van der Waals surface area contributed by atoms with Crippen molar-refractivity contribution >= 4 is 23.3 Å². The van der Waals surface area contributed by atoms with E-state index in [1.54, 1.807) is 11.8 Å². The molecule has 1 saturated heterocycles. The third kappa shape index (κ3) is 3.46. The van der Waals surface area contributed by atoms with E-state index in [1.165, 1.54) is 25.9 Å². The Morgan fingerprint density at radius 3 is 2.70 bits per heavy atom. The highest BCUT2D eigenvalue weighted by atomic mass is 32.2. The van der Waals surface area contributed by atoms with E-state index >= 15 is 0 Å². The zero-order valence-corrected chi connectivity index (χ0v) is 13.2. The second kappa shape index (κ2) is 6.99. The molecule has 0 aromatic heterocycles. The number of hydrogen-bond donors (Lipinski definition) is 2. The minimum absolute atomic E-state index is 0.151. The fraction of sp³-hybridized carbons (Fsp3) is 0.533. The van der Waals surface area contributed by atoms with E-state index in [9.17, 15) is 0 Å². The van der Waals surface area contributed by atoms with Gasteiger partial charge in [0.1, 0.15) is 5.84 Å². The summed E-state index contributed by atoms with van der Waals surface area (Å²) in [7, 11) is 2.09. The molecule has 1 aromatic carbocycles. The Bertz CT molecular complexity index is 469. The highest BCUT2D eigenvalue weighted by molar-refractivity contribution is 7.98. The number of hydrogen-bond acceptors (Lipinski definition) is 4. The topological polar surface area (TPSA) is 56.4 Å². The van der Waals surface area contributed by atoms with Gasteiger partial charge in [-0.15, -0.1) is 11.8 Å². The number of anilines is 1. The molecule has 0 aliphatic carbocycles. The predicted molar refractivity (Wildman–Crippen MR) is 88.2 cm³/mol. The molecule has 1 heterocycles. The highest BCUT2D eigenvalue weighted by Gasteiger charge is 2.16. The van der Waals surface area contributed by atoms with Crippen LogP contribution in [-0.2, 0) is 0 Å². The molecule has 1 aliphatic rings. The van der Waals surface area contributed by atoms with Crippen molar-refractivity contribution in [2.75, 3.05) is 44.4 Å². The molecule has 0 unspecified atom stereocenters. The van der Waals surface area contributed by atoms with Gasteiger partial charge in [-0.3, -0.25) is 5.41 Å². The standard InChI is InChI=1S/C15H24N4S/c1-18(10-11-19-8-3-4-9-19)12-6-5-7-13(20-2)14(12)15(16)17/h5-7H,3-4,8-11H2,1-2H3,(H3,16,17). The van der Waals surface area contributed by atoms with Crippen LogP contribution in [0.15, 0.2) is 23.1 Å². The van der Waals surface area contributed by atoms with E-state index in [0.29, 0.717) is 0 Å². The number of rotatable bonds is 6. The average molecular weight is 292 g/mol. The van der Waals surface area contributed by atoms with Gasteiger partial charge in [-0.1, -0.05) is 6.07 Å². The number of nitrogens with zero attached hydrogens (tertiary/aromatic N) is 2. The van der Waals surface area contributed by atoms with Crippen LogP contribution in [0.2, 0.25) is 0 Å². The molecular formula is C15H24N4S. The maximum atomic E-state index is 7.84. The lowest BCUT2D eigenvalue weighted by Crippen LogP contribution is -2.32. The van der Waals surface area contributed by atoms with Gasteiger partial charge in [-0.05, 0) is 44.3 Å². The van der Waals surface area contributed by atoms with Crippen LogP contribution in [0.4, 0.5) is 5.69 Å². The lowest BCUT2D eigenvalue weighted by Gasteiger charge is -2.26. The van der Waals surface area contributed by atoms with Crippen molar-refractivity contribution in [1.29, 1.82) is 5.41 Å². The van der Waals surface area contributed by atoms with Gasteiger partial charge in [0.2, 0.25) is 0 Å². The van der Waals surface area contributed by atoms with Gasteiger partial charge in [0, 0.05) is 30.7 Å². The Balaban J connectivity index is 2.11. The molecule has 1 fully saturated rings. The van der Waals surface area contributed by atoms with Crippen LogP contribution in [0.3, 0.4) is 0 Å². The van der Waals surface area contributed by atoms with Crippen molar-refractivity contribution in [2.24, 2.45) is 5.73 Å². The van der Waals surface area contributed by atoms with E-state index in [4.69, 9.17) is 11.1 Å². The zero-order valence-electron chi connectivity index (χ0n) is 12.4. The van der Waals surface area contributed by atoms with Gasteiger partial charge < -0.3 is 15.5 Å². The smallest absolute Gasteiger partial charge is 0.126 e. The Morgan fingerprint density at radius 2 is 2.10 bits per heavy atom. The lowest BCUT2D eigenvalue weighted by atomic mass is 10.1. The van der Waals surface area contributed by atoms with Crippen molar-refractivity contribution in [3.05, 3.63) is 23.8 Å². The first kappa shape index (κ1) is 15.2. The molecule has 1 aliphatic heterocycles. The molecule has 0 saturated carbocycles. The molecule has 0 amide bonds. The highest BCUT2D eigenvalue weighted by Crippen LogP contribution is 2.28. The van der Waals surface area contributed by atoms with Crippen LogP contribution in [0.1, 0.15) is 18.4 Å². The summed E-state index contributed by atoms with van der Waals surface area (Å²) in [5.74, 6) is 0.151. The van der Waals surface area contributed by atoms with Gasteiger partial charge in [-0.25, -0.2) is 0 Å². The molecule has 0 spiro atoms. The lowest BCUT2D eigenvalue weighted by molar-refractivity contribution is 0.346. The Kier molecular flexibility index (Phi) is 5.31. The SMILES string of the molecule is CSc1cccc(N(C)CCN2CCCC2)c1C(=N)N. The number of likely N-dealkylation sites (tertiary alicyclic amines) is 1. The molecule has 0 radical (unpaired) electrons. The Labute approximate surface area is 125 Å². The molecule has 110 valence electrons. The summed E-state index contributed by atoms with van der Waals surface area (Å²) in [5, 5.41) is 7.84. The van der Waals surface area contributed by atoms with Crippen molar-refractivity contribution in [1.82, 2.24) is 4.90 Å². The number of likely N-dealkylation sites (N-methyl/N-ethyl adjacent to an activating group) is 1. The fourth-order valence-corrected chi connectivity index (χ4v) is 3.33.